The quantitative estimate of drug-likeness (QED) is 0.507. The van der Waals surface area contributed by atoms with E-state index < -0.39 is 30.3 Å². The number of primary amides is 1. The number of aromatic nitrogens is 1. The van der Waals surface area contributed by atoms with Crippen LogP contribution >= 0.6 is 11.3 Å². The molecule has 5 N–H and O–H groups in total. The second-order valence-electron chi connectivity index (χ2n) is 3.74. The minimum Gasteiger partial charge on any atom is -0.388 e. The van der Waals surface area contributed by atoms with Crippen molar-refractivity contribution in [2.24, 2.45) is 5.73 Å². The van der Waals surface area contributed by atoms with Gasteiger partial charge in [0, 0.05) is 5.38 Å². The zero-order valence-electron chi connectivity index (χ0n) is 8.68. The lowest BCUT2D eigenvalue weighted by Gasteiger charge is -2.34. The third-order valence-electron chi connectivity index (χ3n) is 2.52. The van der Waals surface area contributed by atoms with Crippen molar-refractivity contribution in [3.63, 3.8) is 0 Å². The molecule has 0 unspecified atom stereocenters. The molecule has 17 heavy (non-hydrogen) atoms. The molecular formula is C9H12N2O5S. The SMILES string of the molecule is NC(=O)c1csc([C@@H]2OC[C@@H](O)[C@H](O)[C@H]2O)n1. The molecule has 1 aliphatic heterocycles. The molecule has 0 radical (unpaired) electrons. The van der Waals surface area contributed by atoms with Gasteiger partial charge in [0.15, 0.2) is 0 Å². The maximum absolute atomic E-state index is 10.9. The highest BCUT2D eigenvalue weighted by atomic mass is 32.1. The van der Waals surface area contributed by atoms with Gasteiger partial charge in [-0.05, 0) is 0 Å². The van der Waals surface area contributed by atoms with Crippen LogP contribution < -0.4 is 5.73 Å². The lowest BCUT2D eigenvalue weighted by atomic mass is 10.0. The molecule has 94 valence electrons. The van der Waals surface area contributed by atoms with Crippen LogP contribution in [0.3, 0.4) is 0 Å². The van der Waals surface area contributed by atoms with Crippen molar-refractivity contribution in [3.8, 4) is 0 Å². The summed E-state index contributed by atoms with van der Waals surface area (Å²) in [6.45, 7) is -0.103. The summed E-state index contributed by atoms with van der Waals surface area (Å²) in [5.74, 6) is -0.668. The largest absolute Gasteiger partial charge is 0.388 e. The smallest absolute Gasteiger partial charge is 0.268 e. The number of thiazole rings is 1. The predicted molar refractivity (Wildman–Crippen MR) is 57.3 cm³/mol. The molecule has 1 amide bonds. The molecule has 0 aromatic carbocycles. The summed E-state index contributed by atoms with van der Waals surface area (Å²) >= 11 is 1.10. The summed E-state index contributed by atoms with van der Waals surface area (Å²) in [6.07, 6.45) is -4.57. The number of nitrogens with two attached hydrogens (primary N) is 1. The number of rotatable bonds is 2. The summed E-state index contributed by atoms with van der Waals surface area (Å²) in [5.41, 5.74) is 5.14. The number of hydrogen-bond donors (Lipinski definition) is 4. The van der Waals surface area contributed by atoms with E-state index >= 15 is 0 Å². The molecule has 2 rings (SSSR count). The normalized spacial score (nSPS) is 33.6. The van der Waals surface area contributed by atoms with Gasteiger partial charge in [-0.3, -0.25) is 4.79 Å². The molecule has 1 fully saturated rings. The molecule has 0 bridgehead atoms. The van der Waals surface area contributed by atoms with Gasteiger partial charge in [-0.25, -0.2) is 4.98 Å². The Balaban J connectivity index is 2.19. The van der Waals surface area contributed by atoms with Gasteiger partial charge < -0.3 is 25.8 Å². The summed E-state index contributed by atoms with van der Waals surface area (Å²) in [7, 11) is 0. The molecule has 1 aromatic heterocycles. The monoisotopic (exact) mass is 260 g/mol. The van der Waals surface area contributed by atoms with Crippen LogP contribution in [0.1, 0.15) is 21.6 Å². The van der Waals surface area contributed by atoms with Crippen LogP contribution in [0.15, 0.2) is 5.38 Å². The van der Waals surface area contributed by atoms with Gasteiger partial charge in [0.05, 0.1) is 6.61 Å². The summed E-state index contributed by atoms with van der Waals surface area (Å²) in [6, 6.07) is 0. The van der Waals surface area contributed by atoms with E-state index in [1.54, 1.807) is 0 Å². The van der Waals surface area contributed by atoms with Gasteiger partial charge in [-0.15, -0.1) is 11.3 Å². The standard InChI is InChI=1S/C9H12N2O5S/c10-8(15)3-2-17-9(11-3)7-6(14)5(13)4(12)1-16-7/h2,4-7,12-14H,1H2,(H2,10,15)/t4-,5+,6-,7-/m1/s1. The fourth-order valence-electron chi connectivity index (χ4n) is 1.55. The maximum Gasteiger partial charge on any atom is 0.268 e. The first-order chi connectivity index (χ1) is 8.00. The van der Waals surface area contributed by atoms with Gasteiger partial charge in [-0.1, -0.05) is 0 Å². The predicted octanol–water partition coefficient (Wildman–Crippen LogP) is -1.60. The molecular weight excluding hydrogens is 248 g/mol. The number of nitrogens with zero attached hydrogens (tertiary/aromatic N) is 1. The third kappa shape index (κ3) is 2.31. The van der Waals surface area contributed by atoms with Gasteiger partial charge in [0.2, 0.25) is 0 Å². The Bertz CT molecular complexity index is 423. The summed E-state index contributed by atoms with van der Waals surface area (Å²) < 4.78 is 5.19. The molecule has 0 saturated carbocycles. The van der Waals surface area contributed by atoms with Crippen LogP contribution in [0.4, 0.5) is 0 Å². The number of hydrogen-bond acceptors (Lipinski definition) is 7. The second-order valence-corrected chi connectivity index (χ2v) is 4.63. The van der Waals surface area contributed by atoms with Crippen molar-refractivity contribution in [2.45, 2.75) is 24.4 Å². The first-order valence-electron chi connectivity index (χ1n) is 4.91. The van der Waals surface area contributed by atoms with Crippen LogP contribution in [0.5, 0.6) is 0 Å². The summed E-state index contributed by atoms with van der Waals surface area (Å²) in [5, 5.41) is 30.3. The zero-order valence-corrected chi connectivity index (χ0v) is 9.50. The first-order valence-corrected chi connectivity index (χ1v) is 5.79. The van der Waals surface area contributed by atoms with Crippen molar-refractivity contribution in [2.75, 3.05) is 6.61 Å². The van der Waals surface area contributed by atoms with E-state index in [9.17, 15) is 20.1 Å². The van der Waals surface area contributed by atoms with E-state index in [0.29, 0.717) is 5.01 Å². The fourth-order valence-corrected chi connectivity index (χ4v) is 2.45. The van der Waals surface area contributed by atoms with Gasteiger partial charge in [-0.2, -0.15) is 0 Å². The minimum absolute atomic E-state index is 0.0846. The van der Waals surface area contributed by atoms with Crippen LogP contribution in [-0.4, -0.2) is 51.1 Å². The number of aliphatic hydroxyl groups excluding tert-OH is 3. The maximum atomic E-state index is 10.9. The van der Waals surface area contributed by atoms with E-state index in [2.05, 4.69) is 4.98 Å². The van der Waals surface area contributed by atoms with Crippen molar-refractivity contribution < 1.29 is 24.9 Å². The Morgan fingerprint density at radius 3 is 2.76 bits per heavy atom. The number of carbonyl (C=O) groups is 1. The first kappa shape index (κ1) is 12.4. The lowest BCUT2D eigenvalue weighted by molar-refractivity contribution is -0.189. The molecule has 1 aliphatic rings. The minimum atomic E-state index is -1.30. The van der Waals surface area contributed by atoms with Crippen LogP contribution in [0.2, 0.25) is 0 Å². The molecule has 2 heterocycles. The molecule has 7 nitrogen and oxygen atoms in total. The highest BCUT2D eigenvalue weighted by Crippen LogP contribution is 2.30. The average Bonchev–Trinajstić information content (AvgIpc) is 2.75. The number of ether oxygens (including phenoxy) is 1. The van der Waals surface area contributed by atoms with E-state index in [1.165, 1.54) is 5.38 Å². The Hall–Kier alpha value is -1.06. The second kappa shape index (κ2) is 4.67. The van der Waals surface area contributed by atoms with Crippen molar-refractivity contribution >= 4 is 17.2 Å². The fraction of sp³-hybridized carbons (Fsp3) is 0.556. The van der Waals surface area contributed by atoms with E-state index in [4.69, 9.17) is 10.5 Å². The number of aliphatic hydroxyl groups is 3. The number of carbonyl (C=O) groups excluding carboxylic acids is 1. The molecule has 4 atom stereocenters. The lowest BCUT2D eigenvalue weighted by Crippen LogP contribution is -2.49. The van der Waals surface area contributed by atoms with Crippen molar-refractivity contribution in [1.29, 1.82) is 0 Å². The van der Waals surface area contributed by atoms with Crippen LogP contribution in [0, 0.1) is 0 Å². The zero-order chi connectivity index (χ0) is 12.6. The Kier molecular flexibility index (Phi) is 3.40. The number of amides is 1. The van der Waals surface area contributed by atoms with Gasteiger partial charge in [0.25, 0.3) is 5.91 Å². The molecule has 8 heteroatoms. The average molecular weight is 260 g/mol. The summed E-state index contributed by atoms with van der Waals surface area (Å²) in [4.78, 5) is 14.8. The van der Waals surface area contributed by atoms with Crippen LogP contribution in [0.25, 0.3) is 0 Å². The van der Waals surface area contributed by atoms with E-state index in [1.807, 2.05) is 0 Å². The van der Waals surface area contributed by atoms with Gasteiger partial charge >= 0.3 is 0 Å². The molecule has 1 aromatic rings. The molecule has 0 aliphatic carbocycles. The molecule has 1 saturated heterocycles. The van der Waals surface area contributed by atoms with E-state index in [0.717, 1.165) is 11.3 Å². The molecule has 0 spiro atoms. The topological polar surface area (TPSA) is 126 Å². The van der Waals surface area contributed by atoms with Gasteiger partial charge in [0.1, 0.15) is 35.1 Å². The third-order valence-corrected chi connectivity index (χ3v) is 3.42. The Morgan fingerprint density at radius 1 is 1.47 bits per heavy atom. The van der Waals surface area contributed by atoms with Crippen molar-refractivity contribution in [1.82, 2.24) is 4.98 Å². The van der Waals surface area contributed by atoms with E-state index in [-0.39, 0.29) is 12.3 Å². The van der Waals surface area contributed by atoms with Crippen molar-refractivity contribution in [3.05, 3.63) is 16.1 Å². The van der Waals surface area contributed by atoms with Crippen LogP contribution in [-0.2, 0) is 4.74 Å². The highest BCUT2D eigenvalue weighted by Gasteiger charge is 2.39. The highest BCUT2D eigenvalue weighted by molar-refractivity contribution is 7.09. The Labute approximate surface area is 100 Å². The Morgan fingerprint density at radius 2 is 2.18 bits per heavy atom.